The Hall–Kier alpha value is -1.09. The quantitative estimate of drug-likeness (QED) is 0.735. The molecule has 16 heavy (non-hydrogen) atoms. The normalized spacial score (nSPS) is 20.0. The molecule has 0 radical (unpaired) electrons. The standard InChI is InChI=1S/C13H17NOS/c1-2-3-6-13(15)14-8-7-11(10-14)12-5-4-9-16-12/h2,4-5,9,11H,1,3,6-8,10H2. The molecule has 1 amide bonds. The highest BCUT2D eigenvalue weighted by atomic mass is 32.1. The number of hydrogen-bond acceptors (Lipinski definition) is 2. The average Bonchev–Trinajstić information content (AvgIpc) is 2.94. The van der Waals surface area contributed by atoms with Crippen molar-refractivity contribution in [3.8, 4) is 0 Å². The Morgan fingerprint density at radius 2 is 2.56 bits per heavy atom. The van der Waals surface area contributed by atoms with E-state index in [4.69, 9.17) is 0 Å². The van der Waals surface area contributed by atoms with Gasteiger partial charge >= 0.3 is 0 Å². The van der Waals surface area contributed by atoms with Gasteiger partial charge in [-0.05, 0) is 24.3 Å². The van der Waals surface area contributed by atoms with Gasteiger partial charge in [-0.25, -0.2) is 0 Å². The van der Waals surface area contributed by atoms with Crippen molar-refractivity contribution >= 4 is 17.2 Å². The third-order valence-electron chi connectivity index (χ3n) is 3.05. The van der Waals surface area contributed by atoms with Crippen molar-refractivity contribution in [3.63, 3.8) is 0 Å². The summed E-state index contributed by atoms with van der Waals surface area (Å²) >= 11 is 1.80. The summed E-state index contributed by atoms with van der Waals surface area (Å²) < 4.78 is 0. The third kappa shape index (κ3) is 2.53. The van der Waals surface area contributed by atoms with E-state index in [0.29, 0.717) is 12.3 Å². The number of allylic oxidation sites excluding steroid dienone is 1. The van der Waals surface area contributed by atoms with Gasteiger partial charge in [0.1, 0.15) is 0 Å². The van der Waals surface area contributed by atoms with Gasteiger partial charge in [0.15, 0.2) is 0 Å². The van der Waals surface area contributed by atoms with Gasteiger partial charge in [0.2, 0.25) is 5.91 Å². The summed E-state index contributed by atoms with van der Waals surface area (Å²) in [5.41, 5.74) is 0. The van der Waals surface area contributed by atoms with Crippen LogP contribution in [0.25, 0.3) is 0 Å². The zero-order valence-electron chi connectivity index (χ0n) is 9.39. The molecule has 0 N–H and O–H groups in total. The monoisotopic (exact) mass is 235 g/mol. The van der Waals surface area contributed by atoms with Crippen molar-refractivity contribution in [2.24, 2.45) is 0 Å². The van der Waals surface area contributed by atoms with Crippen LogP contribution in [0.3, 0.4) is 0 Å². The van der Waals surface area contributed by atoms with Crippen molar-refractivity contribution < 1.29 is 4.79 Å². The van der Waals surface area contributed by atoms with Gasteiger partial charge in [-0.15, -0.1) is 17.9 Å². The molecule has 2 nitrogen and oxygen atoms in total. The summed E-state index contributed by atoms with van der Waals surface area (Å²) in [6.07, 6.45) is 4.32. The van der Waals surface area contributed by atoms with Crippen molar-refractivity contribution in [3.05, 3.63) is 35.0 Å². The number of thiophene rings is 1. The highest BCUT2D eigenvalue weighted by Crippen LogP contribution is 2.30. The van der Waals surface area contributed by atoms with E-state index in [0.717, 1.165) is 25.9 Å². The number of carbonyl (C=O) groups is 1. The van der Waals surface area contributed by atoms with Gasteiger partial charge in [0.05, 0.1) is 0 Å². The molecule has 1 atom stereocenters. The Balaban J connectivity index is 1.88. The topological polar surface area (TPSA) is 20.3 Å². The molecule has 86 valence electrons. The van der Waals surface area contributed by atoms with E-state index in [1.807, 2.05) is 11.0 Å². The van der Waals surface area contributed by atoms with E-state index in [9.17, 15) is 4.79 Å². The highest BCUT2D eigenvalue weighted by molar-refractivity contribution is 7.10. The van der Waals surface area contributed by atoms with Crippen molar-refractivity contribution in [1.82, 2.24) is 4.90 Å². The molecule has 0 saturated carbocycles. The fourth-order valence-corrected chi connectivity index (χ4v) is 2.98. The van der Waals surface area contributed by atoms with Crippen molar-refractivity contribution in [1.29, 1.82) is 0 Å². The van der Waals surface area contributed by atoms with Crippen LogP contribution in [-0.2, 0) is 4.79 Å². The van der Waals surface area contributed by atoms with Crippen LogP contribution in [0.5, 0.6) is 0 Å². The first-order valence-corrected chi connectivity index (χ1v) is 6.61. The van der Waals surface area contributed by atoms with Gasteiger partial charge < -0.3 is 4.90 Å². The van der Waals surface area contributed by atoms with Crippen molar-refractivity contribution in [2.45, 2.75) is 25.2 Å². The summed E-state index contributed by atoms with van der Waals surface area (Å²) in [5, 5.41) is 2.11. The number of likely N-dealkylation sites (tertiary alicyclic amines) is 1. The molecule has 0 aliphatic carbocycles. The Bertz CT molecular complexity index is 358. The van der Waals surface area contributed by atoms with Crippen LogP contribution in [0.15, 0.2) is 30.2 Å². The summed E-state index contributed by atoms with van der Waals surface area (Å²) in [6.45, 7) is 5.46. The van der Waals surface area contributed by atoms with E-state index in [2.05, 4.69) is 24.1 Å². The maximum atomic E-state index is 11.8. The van der Waals surface area contributed by atoms with E-state index in [1.165, 1.54) is 4.88 Å². The molecule has 1 aromatic heterocycles. The minimum Gasteiger partial charge on any atom is -0.342 e. The fraction of sp³-hybridized carbons (Fsp3) is 0.462. The summed E-state index contributed by atoms with van der Waals surface area (Å²) in [4.78, 5) is 15.2. The van der Waals surface area contributed by atoms with Crippen LogP contribution < -0.4 is 0 Å². The number of amides is 1. The first-order valence-electron chi connectivity index (χ1n) is 5.73. The zero-order valence-corrected chi connectivity index (χ0v) is 10.2. The Morgan fingerprint density at radius 3 is 3.25 bits per heavy atom. The largest absolute Gasteiger partial charge is 0.342 e. The van der Waals surface area contributed by atoms with Crippen molar-refractivity contribution in [2.75, 3.05) is 13.1 Å². The lowest BCUT2D eigenvalue weighted by molar-refractivity contribution is -0.130. The van der Waals surface area contributed by atoms with Gasteiger partial charge in [-0.1, -0.05) is 12.1 Å². The van der Waals surface area contributed by atoms with Gasteiger partial charge in [0, 0.05) is 30.3 Å². The van der Waals surface area contributed by atoms with Gasteiger partial charge in [-0.2, -0.15) is 0 Å². The van der Waals surface area contributed by atoms with Crippen LogP contribution in [0.2, 0.25) is 0 Å². The predicted molar refractivity (Wildman–Crippen MR) is 67.7 cm³/mol. The highest BCUT2D eigenvalue weighted by Gasteiger charge is 2.27. The number of rotatable bonds is 4. The third-order valence-corrected chi connectivity index (χ3v) is 4.08. The Morgan fingerprint density at radius 1 is 1.69 bits per heavy atom. The van der Waals surface area contributed by atoms with Crippen LogP contribution in [0.4, 0.5) is 0 Å². The first-order chi connectivity index (χ1) is 7.81. The smallest absolute Gasteiger partial charge is 0.222 e. The zero-order chi connectivity index (χ0) is 11.4. The van der Waals surface area contributed by atoms with Crippen LogP contribution in [0, 0.1) is 0 Å². The SMILES string of the molecule is C=CCCC(=O)N1CCC(c2cccs2)C1. The molecule has 1 fully saturated rings. The second-order valence-corrected chi connectivity index (χ2v) is 5.15. The van der Waals surface area contributed by atoms with Crippen LogP contribution in [0.1, 0.15) is 30.1 Å². The lowest BCUT2D eigenvalue weighted by atomic mass is 10.1. The molecule has 3 heteroatoms. The van der Waals surface area contributed by atoms with E-state index >= 15 is 0 Å². The van der Waals surface area contributed by atoms with E-state index in [-0.39, 0.29) is 5.91 Å². The lowest BCUT2D eigenvalue weighted by Gasteiger charge is -2.15. The molecule has 1 aliphatic heterocycles. The molecule has 1 unspecified atom stereocenters. The summed E-state index contributed by atoms with van der Waals surface area (Å²) in [6, 6.07) is 4.26. The second-order valence-electron chi connectivity index (χ2n) is 4.17. The molecular formula is C13H17NOS. The molecule has 0 spiro atoms. The molecule has 0 bridgehead atoms. The van der Waals surface area contributed by atoms with E-state index in [1.54, 1.807) is 11.3 Å². The minimum absolute atomic E-state index is 0.277. The molecular weight excluding hydrogens is 218 g/mol. The maximum Gasteiger partial charge on any atom is 0.222 e. The molecule has 1 aliphatic rings. The van der Waals surface area contributed by atoms with Crippen LogP contribution >= 0.6 is 11.3 Å². The molecule has 1 saturated heterocycles. The average molecular weight is 235 g/mol. The maximum absolute atomic E-state index is 11.8. The number of hydrogen-bond donors (Lipinski definition) is 0. The van der Waals surface area contributed by atoms with Gasteiger partial charge in [-0.3, -0.25) is 4.79 Å². The Kier molecular flexibility index (Phi) is 3.78. The Labute approximate surface area is 101 Å². The molecule has 2 rings (SSSR count). The fourth-order valence-electron chi connectivity index (χ4n) is 2.13. The lowest BCUT2D eigenvalue weighted by Crippen LogP contribution is -2.27. The predicted octanol–water partition coefficient (Wildman–Crippen LogP) is 3.03. The van der Waals surface area contributed by atoms with E-state index < -0.39 is 0 Å². The summed E-state index contributed by atoms with van der Waals surface area (Å²) in [5.74, 6) is 0.839. The number of nitrogens with zero attached hydrogens (tertiary/aromatic N) is 1. The minimum atomic E-state index is 0.277. The molecule has 0 aromatic carbocycles. The first kappa shape index (κ1) is 11.4. The number of carbonyl (C=O) groups excluding carboxylic acids is 1. The van der Waals surface area contributed by atoms with Crippen LogP contribution in [-0.4, -0.2) is 23.9 Å². The summed E-state index contributed by atoms with van der Waals surface area (Å²) in [7, 11) is 0. The van der Waals surface area contributed by atoms with Gasteiger partial charge in [0.25, 0.3) is 0 Å². The molecule has 1 aromatic rings. The second kappa shape index (κ2) is 5.30. The molecule has 2 heterocycles.